The lowest BCUT2D eigenvalue weighted by atomic mass is 10.1. The number of halogens is 2. The average Bonchev–Trinajstić information content (AvgIpc) is 3.40. The van der Waals surface area contributed by atoms with Gasteiger partial charge >= 0.3 is 5.69 Å². The molecule has 1 aromatic carbocycles. The van der Waals surface area contributed by atoms with Gasteiger partial charge in [-0.3, -0.25) is 19.0 Å². The molecule has 0 radical (unpaired) electrons. The third-order valence-electron chi connectivity index (χ3n) is 5.42. The second kappa shape index (κ2) is 9.75. The molecule has 0 amide bonds. The van der Waals surface area contributed by atoms with Crippen LogP contribution < -0.4 is 11.2 Å². The first-order valence-corrected chi connectivity index (χ1v) is 11.4. The molecule has 0 spiro atoms. The predicted molar refractivity (Wildman–Crippen MR) is 127 cm³/mol. The van der Waals surface area contributed by atoms with Crippen LogP contribution in [0.3, 0.4) is 0 Å². The van der Waals surface area contributed by atoms with E-state index in [4.69, 9.17) is 23.2 Å². The van der Waals surface area contributed by atoms with Crippen LogP contribution >= 0.6 is 23.2 Å². The molecule has 168 valence electrons. The fourth-order valence-electron chi connectivity index (χ4n) is 3.74. The van der Waals surface area contributed by atoms with E-state index in [0.29, 0.717) is 30.1 Å². The molecule has 0 atom stereocenters. The molecular weight excluding hydrogens is 451 g/mol. The number of nitrogens with one attached hydrogen (secondary N) is 2. The van der Waals surface area contributed by atoms with Gasteiger partial charge in [0.25, 0.3) is 5.56 Å². The van der Waals surface area contributed by atoms with E-state index >= 15 is 0 Å². The number of unbranched alkanes of at least 4 members (excludes halogenated alkanes) is 2. The number of aryl methyl sites for hydroxylation is 2. The fraction of sp³-hybridized carbons (Fsp3) is 0.364. The number of nitrogens with zero attached hydrogens (tertiary/aromatic N) is 4. The summed E-state index contributed by atoms with van der Waals surface area (Å²) in [7, 11) is 0. The summed E-state index contributed by atoms with van der Waals surface area (Å²) in [6.07, 6.45) is 4.05. The summed E-state index contributed by atoms with van der Waals surface area (Å²) in [5, 5.41) is 8.15. The Kier molecular flexibility index (Phi) is 6.81. The molecule has 0 aliphatic heterocycles. The minimum atomic E-state index is -0.403. The Morgan fingerprint density at radius 2 is 1.75 bits per heavy atom. The lowest BCUT2D eigenvalue weighted by molar-refractivity contribution is 0.525. The summed E-state index contributed by atoms with van der Waals surface area (Å²) in [5.41, 5.74) is 2.55. The fourth-order valence-corrected chi connectivity index (χ4v) is 4.04. The molecule has 0 saturated heterocycles. The number of H-pyrrole nitrogens is 2. The number of aromatic nitrogens is 6. The molecule has 0 aliphatic rings. The zero-order valence-electron chi connectivity index (χ0n) is 17.7. The van der Waals surface area contributed by atoms with E-state index < -0.39 is 5.56 Å². The van der Waals surface area contributed by atoms with Crippen LogP contribution in [0, 0.1) is 0 Å². The highest BCUT2D eigenvalue weighted by atomic mass is 35.5. The minimum absolute atomic E-state index is 0.102. The lowest BCUT2D eigenvalue weighted by Gasteiger charge is -2.11. The molecule has 32 heavy (non-hydrogen) atoms. The van der Waals surface area contributed by atoms with E-state index in [9.17, 15) is 9.59 Å². The SMILES string of the molecule is CCCCCn1c(=O)n(CCCc2cc(-c3ccc(Cl)cc3)[nH]n2)c(=O)c2[nH]c(Cl)nc21. The summed E-state index contributed by atoms with van der Waals surface area (Å²) in [5.74, 6) is 0. The second-order valence-electron chi connectivity index (χ2n) is 7.71. The zero-order chi connectivity index (χ0) is 22.7. The third kappa shape index (κ3) is 4.66. The van der Waals surface area contributed by atoms with Gasteiger partial charge < -0.3 is 4.98 Å². The highest BCUT2D eigenvalue weighted by Gasteiger charge is 2.17. The van der Waals surface area contributed by atoms with Crippen LogP contribution in [-0.4, -0.2) is 29.3 Å². The molecule has 10 heteroatoms. The van der Waals surface area contributed by atoms with Crippen LogP contribution in [-0.2, 0) is 19.5 Å². The Morgan fingerprint density at radius 1 is 1.00 bits per heavy atom. The maximum atomic E-state index is 13.1. The van der Waals surface area contributed by atoms with Crippen molar-refractivity contribution in [2.24, 2.45) is 0 Å². The van der Waals surface area contributed by atoms with Crippen LogP contribution in [0.2, 0.25) is 10.3 Å². The predicted octanol–water partition coefficient (Wildman–Crippen LogP) is 4.41. The van der Waals surface area contributed by atoms with E-state index in [1.165, 1.54) is 4.57 Å². The Balaban J connectivity index is 1.52. The Bertz CT molecular complexity index is 1330. The van der Waals surface area contributed by atoms with Gasteiger partial charge in [-0.15, -0.1) is 0 Å². The van der Waals surface area contributed by atoms with Gasteiger partial charge in [0.2, 0.25) is 5.28 Å². The zero-order valence-corrected chi connectivity index (χ0v) is 19.2. The summed E-state index contributed by atoms with van der Waals surface area (Å²) in [6, 6.07) is 9.46. The normalized spacial score (nSPS) is 11.5. The van der Waals surface area contributed by atoms with Crippen molar-refractivity contribution < 1.29 is 0 Å². The number of rotatable bonds is 9. The van der Waals surface area contributed by atoms with Crippen molar-refractivity contribution in [2.75, 3.05) is 0 Å². The molecule has 2 N–H and O–H groups in total. The molecule has 3 heterocycles. The summed E-state index contributed by atoms with van der Waals surface area (Å²) in [6.45, 7) is 2.87. The van der Waals surface area contributed by atoms with Crippen LogP contribution in [0.25, 0.3) is 22.4 Å². The number of benzene rings is 1. The highest BCUT2D eigenvalue weighted by Crippen LogP contribution is 2.20. The maximum absolute atomic E-state index is 13.1. The van der Waals surface area contributed by atoms with Gasteiger partial charge in [-0.2, -0.15) is 10.1 Å². The van der Waals surface area contributed by atoms with E-state index in [1.807, 2.05) is 30.3 Å². The average molecular weight is 475 g/mol. The Hall–Kier alpha value is -2.84. The van der Waals surface area contributed by atoms with Gasteiger partial charge in [0.15, 0.2) is 11.2 Å². The van der Waals surface area contributed by atoms with Crippen molar-refractivity contribution in [3.63, 3.8) is 0 Å². The number of imidazole rings is 1. The summed E-state index contributed by atoms with van der Waals surface area (Å²) in [4.78, 5) is 32.9. The first-order valence-electron chi connectivity index (χ1n) is 10.7. The minimum Gasteiger partial charge on any atom is -0.323 e. The van der Waals surface area contributed by atoms with E-state index in [1.54, 1.807) is 4.57 Å². The Morgan fingerprint density at radius 3 is 2.50 bits per heavy atom. The van der Waals surface area contributed by atoms with E-state index in [2.05, 4.69) is 27.1 Å². The number of fused-ring (bicyclic) bond motifs is 1. The van der Waals surface area contributed by atoms with Crippen molar-refractivity contribution in [3.8, 4) is 11.3 Å². The number of aromatic amines is 2. The summed E-state index contributed by atoms with van der Waals surface area (Å²) >= 11 is 11.9. The first-order chi connectivity index (χ1) is 15.5. The largest absolute Gasteiger partial charge is 0.332 e. The van der Waals surface area contributed by atoms with Crippen LogP contribution in [0.1, 0.15) is 38.3 Å². The number of hydrogen-bond acceptors (Lipinski definition) is 4. The van der Waals surface area contributed by atoms with Gasteiger partial charge in [-0.1, -0.05) is 43.5 Å². The van der Waals surface area contributed by atoms with Gasteiger partial charge in [0.1, 0.15) is 0 Å². The third-order valence-corrected chi connectivity index (χ3v) is 5.85. The summed E-state index contributed by atoms with van der Waals surface area (Å²) < 4.78 is 2.80. The molecule has 0 saturated carbocycles. The van der Waals surface area contributed by atoms with Gasteiger partial charge in [0.05, 0.1) is 11.4 Å². The second-order valence-corrected chi connectivity index (χ2v) is 8.50. The molecule has 0 unspecified atom stereocenters. The smallest absolute Gasteiger partial charge is 0.323 e. The van der Waals surface area contributed by atoms with Crippen LogP contribution in [0.5, 0.6) is 0 Å². The van der Waals surface area contributed by atoms with Crippen LogP contribution in [0.15, 0.2) is 39.9 Å². The standard InChI is InChI=1S/C22H24Cl2N6O2/c1-2-3-4-11-29-19-18(25-21(24)26-19)20(31)30(22(29)32)12-5-6-16-13-17(28-27-16)14-7-9-15(23)10-8-14/h7-10,13H,2-6,11-12H2,1H3,(H,25,26)(H,27,28). The van der Waals surface area contributed by atoms with E-state index in [0.717, 1.165) is 36.2 Å². The molecule has 8 nitrogen and oxygen atoms in total. The maximum Gasteiger partial charge on any atom is 0.332 e. The monoisotopic (exact) mass is 474 g/mol. The van der Waals surface area contributed by atoms with Gasteiger partial charge in [0, 0.05) is 18.1 Å². The van der Waals surface area contributed by atoms with Crippen molar-refractivity contribution in [1.29, 1.82) is 0 Å². The van der Waals surface area contributed by atoms with E-state index in [-0.39, 0.29) is 23.0 Å². The lowest BCUT2D eigenvalue weighted by Crippen LogP contribution is -2.40. The molecule has 0 aliphatic carbocycles. The topological polar surface area (TPSA) is 101 Å². The van der Waals surface area contributed by atoms with Crippen molar-refractivity contribution in [1.82, 2.24) is 29.3 Å². The molecular formula is C22H24Cl2N6O2. The van der Waals surface area contributed by atoms with Crippen molar-refractivity contribution in [2.45, 2.75) is 52.1 Å². The first kappa shape index (κ1) is 22.4. The number of hydrogen-bond donors (Lipinski definition) is 2. The molecule has 0 bridgehead atoms. The Labute approximate surface area is 194 Å². The van der Waals surface area contributed by atoms with Crippen LogP contribution in [0.4, 0.5) is 0 Å². The molecule has 4 aromatic rings. The highest BCUT2D eigenvalue weighted by molar-refractivity contribution is 6.30. The molecule has 0 fully saturated rings. The van der Waals surface area contributed by atoms with Crippen molar-refractivity contribution in [3.05, 3.63) is 67.2 Å². The molecule has 4 rings (SSSR count). The molecule has 3 aromatic heterocycles. The quantitative estimate of drug-likeness (QED) is 0.277. The van der Waals surface area contributed by atoms with Gasteiger partial charge in [-0.05, 0) is 54.6 Å². The van der Waals surface area contributed by atoms with Gasteiger partial charge in [-0.25, -0.2) is 4.79 Å². The van der Waals surface area contributed by atoms with Crippen molar-refractivity contribution >= 4 is 34.4 Å².